The summed E-state index contributed by atoms with van der Waals surface area (Å²) in [4.78, 5) is 10.4. The Morgan fingerprint density at radius 1 is 1.23 bits per heavy atom. The first-order chi connectivity index (χ1) is 10.7. The highest BCUT2D eigenvalue weighted by atomic mass is 32.2. The zero-order chi connectivity index (χ0) is 15.4. The van der Waals surface area contributed by atoms with Gasteiger partial charge in [0.25, 0.3) is 0 Å². The van der Waals surface area contributed by atoms with Gasteiger partial charge in [-0.2, -0.15) is 0 Å². The third kappa shape index (κ3) is 4.12. The summed E-state index contributed by atoms with van der Waals surface area (Å²) in [5, 5.41) is 1.85. The summed E-state index contributed by atoms with van der Waals surface area (Å²) in [5.74, 6) is 0.719. The van der Waals surface area contributed by atoms with E-state index in [-0.39, 0.29) is 0 Å². The zero-order valence-electron chi connectivity index (χ0n) is 13.0. The van der Waals surface area contributed by atoms with Crippen molar-refractivity contribution >= 4 is 27.7 Å². The van der Waals surface area contributed by atoms with E-state index in [1.165, 1.54) is 5.17 Å². The molecule has 0 radical (unpaired) electrons. The average Bonchev–Trinajstić information content (AvgIpc) is 3.00. The monoisotopic (exact) mass is 337 g/mol. The van der Waals surface area contributed by atoms with Gasteiger partial charge in [-0.3, -0.25) is 14.1 Å². The molecule has 4 nitrogen and oxygen atoms in total. The van der Waals surface area contributed by atoms with E-state index in [1.54, 1.807) is 0 Å². The van der Waals surface area contributed by atoms with E-state index >= 15 is 0 Å². The maximum atomic E-state index is 12.2. The lowest BCUT2D eigenvalue weighted by molar-refractivity contribution is 0.193. The van der Waals surface area contributed by atoms with Crippen molar-refractivity contribution in [3.05, 3.63) is 30.3 Å². The molecular weight excluding hydrogens is 314 g/mol. The lowest BCUT2D eigenvalue weighted by Crippen LogP contribution is -2.48. The molecule has 0 aromatic heterocycles. The fourth-order valence-electron chi connectivity index (χ4n) is 2.70. The summed E-state index contributed by atoms with van der Waals surface area (Å²) in [7, 11) is -0.884. The van der Waals surface area contributed by atoms with E-state index in [2.05, 4.69) is 21.7 Å². The van der Waals surface area contributed by atoms with Crippen LogP contribution in [0.5, 0.6) is 0 Å². The number of rotatable bonds is 4. The molecule has 0 saturated carbocycles. The predicted molar refractivity (Wildman–Crippen MR) is 95.1 cm³/mol. The number of piperazine rings is 1. The molecule has 1 aromatic carbocycles. The lowest BCUT2D eigenvalue weighted by atomic mass is 10.3. The Morgan fingerprint density at radius 2 is 1.95 bits per heavy atom. The molecule has 3 rings (SSSR count). The third-order valence-electron chi connectivity index (χ3n) is 4.03. The second-order valence-corrected chi connectivity index (χ2v) is 8.72. The maximum absolute atomic E-state index is 12.2. The molecule has 1 aromatic rings. The molecule has 120 valence electrons. The van der Waals surface area contributed by atoms with Crippen LogP contribution in [0.2, 0.25) is 0 Å². The van der Waals surface area contributed by atoms with Crippen molar-refractivity contribution in [3.63, 3.8) is 0 Å². The minimum atomic E-state index is -0.884. The van der Waals surface area contributed by atoms with Gasteiger partial charge in [0.2, 0.25) is 0 Å². The van der Waals surface area contributed by atoms with Gasteiger partial charge in [-0.15, -0.1) is 0 Å². The minimum Gasteiger partial charge on any atom is -0.349 e. The Balaban J connectivity index is 1.42. The summed E-state index contributed by atoms with van der Waals surface area (Å²) >= 11 is 1.90. The van der Waals surface area contributed by atoms with Crippen molar-refractivity contribution in [2.45, 2.75) is 17.1 Å². The van der Waals surface area contributed by atoms with Crippen molar-refractivity contribution in [1.82, 2.24) is 9.80 Å². The van der Waals surface area contributed by atoms with Gasteiger partial charge in [-0.1, -0.05) is 36.9 Å². The van der Waals surface area contributed by atoms with E-state index in [1.807, 2.05) is 42.1 Å². The Kier molecular flexibility index (Phi) is 5.55. The second-order valence-electron chi connectivity index (χ2n) is 5.74. The first kappa shape index (κ1) is 16.0. The number of hydrogen-bond acceptors (Lipinski definition) is 5. The molecule has 2 aliphatic heterocycles. The van der Waals surface area contributed by atoms with Gasteiger partial charge in [-0.25, -0.2) is 0 Å². The van der Waals surface area contributed by atoms with Gasteiger partial charge in [0, 0.05) is 48.6 Å². The maximum Gasteiger partial charge on any atom is 0.159 e. The normalized spacial score (nSPS) is 24.3. The topological polar surface area (TPSA) is 35.9 Å². The molecule has 0 N–H and O–H groups in total. The van der Waals surface area contributed by atoms with Crippen LogP contribution >= 0.6 is 11.8 Å². The number of thioether (sulfide) groups is 1. The number of hydrogen-bond donors (Lipinski definition) is 0. The molecule has 6 heteroatoms. The van der Waals surface area contributed by atoms with Crippen molar-refractivity contribution in [2.75, 3.05) is 45.0 Å². The van der Waals surface area contributed by atoms with Gasteiger partial charge in [-0.05, 0) is 12.1 Å². The van der Waals surface area contributed by atoms with E-state index in [0.29, 0.717) is 5.25 Å². The second kappa shape index (κ2) is 7.62. The molecule has 0 aliphatic carbocycles. The highest BCUT2D eigenvalue weighted by Gasteiger charge is 2.24. The summed E-state index contributed by atoms with van der Waals surface area (Å²) in [6.07, 6.45) is 0. The minimum absolute atomic E-state index is 0.626. The first-order valence-corrected chi connectivity index (χ1v) is 10.0. The Bertz CT molecular complexity index is 542. The highest BCUT2D eigenvalue weighted by Crippen LogP contribution is 2.23. The molecule has 1 saturated heterocycles. The first-order valence-electron chi connectivity index (χ1n) is 7.84. The number of nitrogens with zero attached hydrogens (tertiary/aromatic N) is 3. The van der Waals surface area contributed by atoms with Crippen molar-refractivity contribution in [2.24, 2.45) is 4.99 Å². The van der Waals surface area contributed by atoms with E-state index in [9.17, 15) is 4.21 Å². The Labute approximate surface area is 139 Å². The van der Waals surface area contributed by atoms with Crippen LogP contribution in [0.1, 0.15) is 6.92 Å². The number of aliphatic imine (C=N–C) groups is 1. The van der Waals surface area contributed by atoms with Crippen LogP contribution in [0.25, 0.3) is 0 Å². The number of benzene rings is 1. The van der Waals surface area contributed by atoms with Gasteiger partial charge in [0.05, 0.1) is 17.3 Å². The molecule has 0 unspecified atom stereocenters. The van der Waals surface area contributed by atoms with E-state index in [0.717, 1.165) is 49.9 Å². The molecule has 2 heterocycles. The molecule has 0 amide bonds. The molecule has 2 atom stereocenters. The van der Waals surface area contributed by atoms with Crippen LogP contribution < -0.4 is 0 Å². The summed E-state index contributed by atoms with van der Waals surface area (Å²) < 4.78 is 12.2. The smallest absolute Gasteiger partial charge is 0.159 e. The van der Waals surface area contributed by atoms with Crippen LogP contribution in [0.15, 0.2) is 40.2 Å². The zero-order valence-corrected chi connectivity index (χ0v) is 14.6. The fourth-order valence-corrected chi connectivity index (χ4v) is 4.81. The molecule has 0 spiro atoms. The summed E-state index contributed by atoms with van der Waals surface area (Å²) in [6, 6.07) is 9.76. The van der Waals surface area contributed by atoms with Gasteiger partial charge >= 0.3 is 0 Å². The quantitative estimate of drug-likeness (QED) is 0.841. The van der Waals surface area contributed by atoms with Crippen molar-refractivity contribution in [3.8, 4) is 0 Å². The molecule has 0 bridgehead atoms. The third-order valence-corrected chi connectivity index (χ3v) is 6.53. The Morgan fingerprint density at radius 3 is 2.59 bits per heavy atom. The van der Waals surface area contributed by atoms with E-state index in [4.69, 9.17) is 0 Å². The summed E-state index contributed by atoms with van der Waals surface area (Å²) in [5.41, 5.74) is 0. The highest BCUT2D eigenvalue weighted by molar-refractivity contribution is 8.14. The van der Waals surface area contributed by atoms with E-state index < -0.39 is 10.8 Å². The standard InChI is InChI=1S/C16H23N3OS2/c1-14-13-17-16(21-14)19-9-7-18(8-10-19)11-12-22(20)15-5-3-2-4-6-15/h2-6,14H,7-13H2,1H3/t14-,22+/m0/s1. The van der Waals surface area contributed by atoms with Crippen LogP contribution in [0.4, 0.5) is 0 Å². The van der Waals surface area contributed by atoms with Crippen LogP contribution in [-0.4, -0.2) is 69.4 Å². The molecular formula is C16H23N3OS2. The molecule has 1 fully saturated rings. The molecule has 22 heavy (non-hydrogen) atoms. The largest absolute Gasteiger partial charge is 0.349 e. The van der Waals surface area contributed by atoms with Gasteiger partial charge in [0.15, 0.2) is 5.17 Å². The van der Waals surface area contributed by atoms with Crippen LogP contribution in [0.3, 0.4) is 0 Å². The van der Waals surface area contributed by atoms with Crippen LogP contribution in [0, 0.1) is 0 Å². The lowest BCUT2D eigenvalue weighted by Gasteiger charge is -2.35. The molecule has 2 aliphatic rings. The van der Waals surface area contributed by atoms with Gasteiger partial charge in [0.1, 0.15) is 0 Å². The van der Waals surface area contributed by atoms with Crippen molar-refractivity contribution in [1.29, 1.82) is 0 Å². The summed E-state index contributed by atoms with van der Waals surface area (Å²) in [6.45, 7) is 8.25. The average molecular weight is 338 g/mol. The van der Waals surface area contributed by atoms with Crippen molar-refractivity contribution < 1.29 is 4.21 Å². The SMILES string of the molecule is C[C@H]1CN=C(N2CCN(CC[S@@](=O)c3ccccc3)CC2)S1. The van der Waals surface area contributed by atoms with Crippen LogP contribution in [-0.2, 0) is 10.8 Å². The van der Waals surface area contributed by atoms with Gasteiger partial charge < -0.3 is 4.90 Å². The predicted octanol–water partition coefficient (Wildman–Crippen LogP) is 1.90. The number of amidine groups is 1. The fraction of sp³-hybridized carbons (Fsp3) is 0.562. The Hall–Kier alpha value is -0.850.